The Hall–Kier alpha value is -7.36. The van der Waals surface area contributed by atoms with Crippen LogP contribution in [0.2, 0.25) is 0 Å². The van der Waals surface area contributed by atoms with Crippen LogP contribution in [0.5, 0.6) is 0 Å². The first-order valence-corrected chi connectivity index (χ1v) is 18.8. The minimum Gasteiger partial charge on any atom is -0.455 e. The fourth-order valence-electron chi connectivity index (χ4n) is 8.45. The van der Waals surface area contributed by atoms with Gasteiger partial charge in [0.2, 0.25) is 0 Å². The zero-order valence-electron chi connectivity index (χ0n) is 29.9. The highest BCUT2D eigenvalue weighted by atomic mass is 16.3. The molecule has 0 saturated carbocycles. The number of nitrogens with zero attached hydrogens (tertiary/aromatic N) is 2. The summed E-state index contributed by atoms with van der Waals surface area (Å²) in [7, 11) is 0. The van der Waals surface area contributed by atoms with E-state index in [0.717, 1.165) is 61.2 Å². The Morgan fingerprint density at radius 1 is 0.345 bits per heavy atom. The Morgan fingerprint density at radius 3 is 1.64 bits per heavy atom. The number of hydrogen-bond acceptors (Lipinski definition) is 2. The molecule has 258 valence electrons. The van der Waals surface area contributed by atoms with Gasteiger partial charge in [-0.25, -0.2) is 0 Å². The lowest BCUT2D eigenvalue weighted by Crippen LogP contribution is -2.11. The minimum atomic E-state index is 0.891. The molecular formula is C52H34N2O. The molecule has 0 saturated heterocycles. The van der Waals surface area contributed by atoms with Gasteiger partial charge in [-0.05, 0) is 77.2 Å². The van der Waals surface area contributed by atoms with Crippen LogP contribution in [0, 0.1) is 0 Å². The number of aromatic nitrogens is 1. The molecule has 2 aromatic heterocycles. The number of para-hydroxylation sites is 4. The summed E-state index contributed by atoms with van der Waals surface area (Å²) in [4.78, 5) is 2.37. The van der Waals surface area contributed by atoms with Gasteiger partial charge in [0.25, 0.3) is 0 Å². The molecule has 0 bridgehead atoms. The van der Waals surface area contributed by atoms with Crippen LogP contribution in [0.25, 0.3) is 82.5 Å². The van der Waals surface area contributed by atoms with Crippen LogP contribution in [-0.4, -0.2) is 4.57 Å². The summed E-state index contributed by atoms with van der Waals surface area (Å²) in [5, 5.41) is 7.04. The maximum atomic E-state index is 6.87. The summed E-state index contributed by atoms with van der Waals surface area (Å²) < 4.78 is 9.24. The number of furan rings is 1. The fraction of sp³-hybridized carbons (Fsp3) is 0. The van der Waals surface area contributed by atoms with Gasteiger partial charge in [-0.3, -0.25) is 0 Å². The molecule has 0 atom stereocenters. The van der Waals surface area contributed by atoms with E-state index in [-0.39, 0.29) is 0 Å². The van der Waals surface area contributed by atoms with E-state index < -0.39 is 0 Å². The van der Waals surface area contributed by atoms with E-state index in [9.17, 15) is 0 Å². The maximum Gasteiger partial charge on any atom is 0.143 e. The maximum absolute atomic E-state index is 6.87. The van der Waals surface area contributed by atoms with Gasteiger partial charge in [0.15, 0.2) is 0 Å². The quantitative estimate of drug-likeness (QED) is 0.172. The Labute approximate surface area is 318 Å². The van der Waals surface area contributed by atoms with Crippen LogP contribution < -0.4 is 4.90 Å². The summed E-state index contributed by atoms with van der Waals surface area (Å²) in [5.41, 5.74) is 13.0. The number of anilines is 3. The summed E-state index contributed by atoms with van der Waals surface area (Å²) in [6.07, 6.45) is 0. The van der Waals surface area contributed by atoms with Crippen molar-refractivity contribution in [1.29, 1.82) is 0 Å². The first-order valence-electron chi connectivity index (χ1n) is 18.8. The summed E-state index contributed by atoms with van der Waals surface area (Å²) in [6, 6.07) is 73.8. The highest BCUT2D eigenvalue weighted by Gasteiger charge is 2.21. The third kappa shape index (κ3) is 5.05. The van der Waals surface area contributed by atoms with Gasteiger partial charge in [0, 0.05) is 55.1 Å². The average Bonchev–Trinajstić information content (AvgIpc) is 3.81. The van der Waals surface area contributed by atoms with Crippen LogP contribution in [0.3, 0.4) is 0 Å². The zero-order valence-corrected chi connectivity index (χ0v) is 29.9. The normalized spacial score (nSPS) is 11.6. The van der Waals surface area contributed by atoms with Gasteiger partial charge < -0.3 is 13.9 Å². The molecule has 0 amide bonds. The standard InChI is InChI=1S/C52H34N2O/c1-2-13-35(14-3-1)36-25-28-38(29-26-36)53(39-30-32-40(33-31-39)54-49-23-10-6-17-42(49)43-18-7-11-24-50(43)54)48-22-9-8-19-44(48)45-20-12-21-46-47-34-27-37-15-4-5-16-41(37)51(47)55-52(45)46/h1-34H. The van der Waals surface area contributed by atoms with Gasteiger partial charge in [0.05, 0.1) is 16.7 Å². The van der Waals surface area contributed by atoms with E-state index >= 15 is 0 Å². The predicted molar refractivity (Wildman–Crippen MR) is 231 cm³/mol. The first-order chi connectivity index (χ1) is 27.3. The smallest absolute Gasteiger partial charge is 0.143 e. The summed E-state index contributed by atoms with van der Waals surface area (Å²) in [5.74, 6) is 0. The summed E-state index contributed by atoms with van der Waals surface area (Å²) in [6.45, 7) is 0. The monoisotopic (exact) mass is 702 g/mol. The number of benzene rings is 9. The van der Waals surface area contributed by atoms with Crippen molar-refractivity contribution >= 4 is 71.6 Å². The fourth-order valence-corrected chi connectivity index (χ4v) is 8.45. The van der Waals surface area contributed by atoms with E-state index in [1.54, 1.807) is 0 Å². The van der Waals surface area contributed by atoms with Crippen molar-refractivity contribution in [2.24, 2.45) is 0 Å². The van der Waals surface area contributed by atoms with Crippen LogP contribution in [0.1, 0.15) is 0 Å². The summed E-state index contributed by atoms with van der Waals surface area (Å²) >= 11 is 0. The molecule has 0 unspecified atom stereocenters. The van der Waals surface area contributed by atoms with Crippen LogP contribution in [-0.2, 0) is 0 Å². The van der Waals surface area contributed by atoms with Crippen molar-refractivity contribution in [3.05, 3.63) is 206 Å². The molecule has 0 aliphatic carbocycles. The van der Waals surface area contributed by atoms with Gasteiger partial charge >= 0.3 is 0 Å². The molecule has 11 rings (SSSR count). The molecule has 0 N–H and O–H groups in total. The molecule has 9 aromatic carbocycles. The Kier molecular flexibility index (Phi) is 7.17. The Balaban J connectivity index is 1.10. The lowest BCUT2D eigenvalue weighted by Gasteiger charge is -2.28. The highest BCUT2D eigenvalue weighted by Crippen LogP contribution is 2.45. The SMILES string of the molecule is c1ccc(-c2ccc(N(c3ccc(-n4c5ccccc5c5ccccc54)cc3)c3ccccc3-c3cccc4c3oc3c5ccccc5ccc43)cc2)cc1. The third-order valence-electron chi connectivity index (χ3n) is 11.0. The van der Waals surface area contributed by atoms with Crippen molar-refractivity contribution < 1.29 is 4.42 Å². The predicted octanol–water partition coefficient (Wildman–Crippen LogP) is 14.6. The number of rotatable bonds is 6. The van der Waals surface area contributed by atoms with E-state index in [0.29, 0.717) is 0 Å². The van der Waals surface area contributed by atoms with E-state index in [1.165, 1.54) is 38.3 Å². The molecule has 2 heterocycles. The third-order valence-corrected chi connectivity index (χ3v) is 11.0. The Bertz CT molecular complexity index is 3140. The largest absolute Gasteiger partial charge is 0.455 e. The second kappa shape index (κ2) is 12.6. The van der Waals surface area contributed by atoms with Crippen molar-refractivity contribution in [2.45, 2.75) is 0 Å². The second-order valence-electron chi connectivity index (χ2n) is 14.1. The lowest BCUT2D eigenvalue weighted by molar-refractivity contribution is 0.674. The Morgan fingerprint density at radius 2 is 0.891 bits per heavy atom. The zero-order chi connectivity index (χ0) is 36.3. The van der Waals surface area contributed by atoms with Crippen LogP contribution in [0.4, 0.5) is 17.1 Å². The average molecular weight is 703 g/mol. The molecule has 0 radical (unpaired) electrons. The molecule has 55 heavy (non-hydrogen) atoms. The van der Waals surface area contributed by atoms with Crippen LogP contribution >= 0.6 is 0 Å². The molecule has 0 spiro atoms. The molecule has 0 aliphatic rings. The molecular weight excluding hydrogens is 669 g/mol. The van der Waals surface area contributed by atoms with E-state index in [4.69, 9.17) is 4.42 Å². The van der Waals surface area contributed by atoms with E-state index in [1.807, 2.05) is 0 Å². The molecule has 11 aromatic rings. The van der Waals surface area contributed by atoms with Crippen LogP contribution in [0.15, 0.2) is 211 Å². The van der Waals surface area contributed by atoms with Crippen molar-refractivity contribution in [3.63, 3.8) is 0 Å². The van der Waals surface area contributed by atoms with Crippen molar-refractivity contribution in [1.82, 2.24) is 4.57 Å². The van der Waals surface area contributed by atoms with Gasteiger partial charge in [-0.1, -0.05) is 146 Å². The number of fused-ring (bicyclic) bond motifs is 8. The van der Waals surface area contributed by atoms with Gasteiger partial charge in [0.1, 0.15) is 11.2 Å². The van der Waals surface area contributed by atoms with E-state index in [2.05, 4.69) is 216 Å². The lowest BCUT2D eigenvalue weighted by atomic mass is 9.98. The topological polar surface area (TPSA) is 21.3 Å². The second-order valence-corrected chi connectivity index (χ2v) is 14.1. The molecule has 0 aliphatic heterocycles. The van der Waals surface area contributed by atoms with Crippen molar-refractivity contribution in [2.75, 3.05) is 4.90 Å². The highest BCUT2D eigenvalue weighted by molar-refractivity contribution is 6.17. The molecule has 3 nitrogen and oxygen atoms in total. The number of hydrogen-bond donors (Lipinski definition) is 0. The molecule has 0 fully saturated rings. The minimum absolute atomic E-state index is 0.891. The molecule has 3 heteroatoms. The van der Waals surface area contributed by atoms with Crippen molar-refractivity contribution in [3.8, 4) is 27.9 Å². The first kappa shape index (κ1) is 31.2. The van der Waals surface area contributed by atoms with Gasteiger partial charge in [-0.15, -0.1) is 0 Å². The van der Waals surface area contributed by atoms with Gasteiger partial charge in [-0.2, -0.15) is 0 Å².